The topological polar surface area (TPSA) is 32.3 Å². The normalized spacial score (nSPS) is 23.8. The van der Waals surface area contributed by atoms with Gasteiger partial charge in [0.15, 0.2) is 0 Å². The van der Waals surface area contributed by atoms with Crippen LogP contribution >= 0.6 is 0 Å². The van der Waals surface area contributed by atoms with E-state index in [2.05, 4.69) is 18.3 Å². The molecule has 1 N–H and O–H groups in total. The molecule has 18 heavy (non-hydrogen) atoms. The number of carbonyl (C=O) groups excluding carboxylic acids is 1. The first-order valence-corrected chi connectivity index (χ1v) is 7.48. The number of hydrogen-bond acceptors (Lipinski definition) is 2. The summed E-state index contributed by atoms with van der Waals surface area (Å²) in [4.78, 5) is 14.3. The average molecular weight is 250 g/mol. The third-order valence-electron chi connectivity index (χ3n) is 4.10. The number of amides is 1. The maximum absolute atomic E-state index is 12.3. The minimum atomic E-state index is 0.319. The minimum Gasteiger partial charge on any atom is -0.341 e. The lowest BCUT2D eigenvalue weighted by Gasteiger charge is -2.25. The summed E-state index contributed by atoms with van der Waals surface area (Å²) in [7, 11) is 0. The summed E-state index contributed by atoms with van der Waals surface area (Å²) in [6, 6.07) is 0.522. The maximum Gasteiger partial charge on any atom is 0.226 e. The molecular formula is C15H26N2O. The number of likely N-dealkylation sites (N-methyl/N-ethyl adjacent to an activating group) is 1. The molecule has 0 aromatic heterocycles. The fourth-order valence-corrected chi connectivity index (χ4v) is 2.96. The van der Waals surface area contributed by atoms with E-state index in [1.54, 1.807) is 0 Å². The molecule has 1 heterocycles. The van der Waals surface area contributed by atoms with Crippen molar-refractivity contribution in [1.82, 2.24) is 10.2 Å². The molecule has 1 unspecified atom stereocenters. The molecule has 0 aromatic rings. The molecular weight excluding hydrogens is 224 g/mol. The van der Waals surface area contributed by atoms with E-state index >= 15 is 0 Å². The quantitative estimate of drug-likeness (QED) is 0.760. The Balaban J connectivity index is 1.82. The van der Waals surface area contributed by atoms with Crippen LogP contribution in [0, 0.1) is 0 Å². The second-order valence-corrected chi connectivity index (χ2v) is 5.51. The zero-order chi connectivity index (χ0) is 12.8. The molecule has 3 heteroatoms. The first-order valence-electron chi connectivity index (χ1n) is 7.48. The van der Waals surface area contributed by atoms with E-state index in [1.165, 1.54) is 37.7 Å². The highest BCUT2D eigenvalue weighted by Gasteiger charge is 2.21. The number of carbonyl (C=O) groups is 1. The Bertz CT molecular complexity index is 306. The lowest BCUT2D eigenvalue weighted by atomic mass is 9.97. The molecule has 1 saturated heterocycles. The largest absolute Gasteiger partial charge is 0.341 e. The van der Waals surface area contributed by atoms with Crippen LogP contribution in [0.4, 0.5) is 0 Å². The van der Waals surface area contributed by atoms with Gasteiger partial charge in [0, 0.05) is 25.6 Å². The van der Waals surface area contributed by atoms with Crippen LogP contribution < -0.4 is 5.32 Å². The Morgan fingerprint density at radius 1 is 1.44 bits per heavy atom. The smallest absolute Gasteiger partial charge is 0.226 e. The molecule has 1 aliphatic heterocycles. The van der Waals surface area contributed by atoms with E-state index in [1.807, 2.05) is 4.90 Å². The van der Waals surface area contributed by atoms with Gasteiger partial charge < -0.3 is 10.2 Å². The third kappa shape index (κ3) is 3.84. The molecule has 0 saturated carbocycles. The Labute approximate surface area is 111 Å². The number of rotatable bonds is 5. The average Bonchev–Trinajstić information content (AvgIpc) is 2.90. The predicted molar refractivity (Wildman–Crippen MR) is 74.4 cm³/mol. The highest BCUT2D eigenvalue weighted by molar-refractivity contribution is 5.78. The zero-order valence-electron chi connectivity index (χ0n) is 11.6. The first-order chi connectivity index (χ1) is 8.79. The first kappa shape index (κ1) is 13.6. The number of nitrogens with zero attached hydrogens (tertiary/aromatic N) is 1. The standard InChI is InChI=1S/C15H26N2O/c1-2-17(12-14-9-6-10-16-14)15(18)11-13-7-4-3-5-8-13/h7,14,16H,2-6,8-12H2,1H3. The fraction of sp³-hybridized carbons (Fsp3) is 0.800. The van der Waals surface area contributed by atoms with Crippen molar-refractivity contribution in [2.45, 2.75) is 57.9 Å². The number of hydrogen-bond donors (Lipinski definition) is 1. The molecule has 0 spiro atoms. The molecule has 102 valence electrons. The van der Waals surface area contributed by atoms with Crippen LogP contribution in [-0.2, 0) is 4.79 Å². The van der Waals surface area contributed by atoms with Gasteiger partial charge >= 0.3 is 0 Å². The molecule has 1 aliphatic carbocycles. The fourth-order valence-electron chi connectivity index (χ4n) is 2.96. The van der Waals surface area contributed by atoms with Crippen molar-refractivity contribution in [2.24, 2.45) is 0 Å². The van der Waals surface area contributed by atoms with Crippen LogP contribution in [-0.4, -0.2) is 36.5 Å². The van der Waals surface area contributed by atoms with Crippen molar-refractivity contribution >= 4 is 5.91 Å². The van der Waals surface area contributed by atoms with E-state index in [9.17, 15) is 4.79 Å². The Morgan fingerprint density at radius 3 is 2.94 bits per heavy atom. The monoisotopic (exact) mass is 250 g/mol. The minimum absolute atomic E-state index is 0.319. The number of nitrogens with one attached hydrogen (secondary N) is 1. The Kier molecular flexibility index (Phi) is 5.24. The van der Waals surface area contributed by atoms with Crippen molar-refractivity contribution < 1.29 is 4.79 Å². The molecule has 1 atom stereocenters. The van der Waals surface area contributed by atoms with Gasteiger partial charge in [-0.15, -0.1) is 0 Å². The lowest BCUT2D eigenvalue weighted by Crippen LogP contribution is -2.41. The van der Waals surface area contributed by atoms with E-state index in [0.717, 1.165) is 26.1 Å². The van der Waals surface area contributed by atoms with Crippen LogP contribution in [0.3, 0.4) is 0 Å². The van der Waals surface area contributed by atoms with E-state index in [-0.39, 0.29) is 0 Å². The summed E-state index contributed by atoms with van der Waals surface area (Å²) in [5, 5.41) is 3.47. The molecule has 1 amide bonds. The van der Waals surface area contributed by atoms with Crippen LogP contribution in [0.5, 0.6) is 0 Å². The highest BCUT2D eigenvalue weighted by atomic mass is 16.2. The van der Waals surface area contributed by atoms with Gasteiger partial charge in [-0.3, -0.25) is 4.79 Å². The van der Waals surface area contributed by atoms with Crippen LogP contribution in [0.15, 0.2) is 11.6 Å². The van der Waals surface area contributed by atoms with E-state index < -0.39 is 0 Å². The second kappa shape index (κ2) is 6.93. The predicted octanol–water partition coefficient (Wildman–Crippen LogP) is 2.48. The van der Waals surface area contributed by atoms with Crippen molar-refractivity contribution in [3.05, 3.63) is 11.6 Å². The van der Waals surface area contributed by atoms with Gasteiger partial charge in [-0.1, -0.05) is 11.6 Å². The van der Waals surface area contributed by atoms with E-state index in [0.29, 0.717) is 18.4 Å². The Morgan fingerprint density at radius 2 is 2.33 bits per heavy atom. The van der Waals surface area contributed by atoms with Crippen LogP contribution in [0.2, 0.25) is 0 Å². The molecule has 1 fully saturated rings. The van der Waals surface area contributed by atoms with Gasteiger partial charge in [0.2, 0.25) is 5.91 Å². The molecule has 0 bridgehead atoms. The van der Waals surface area contributed by atoms with Gasteiger partial charge in [0.25, 0.3) is 0 Å². The van der Waals surface area contributed by atoms with E-state index in [4.69, 9.17) is 0 Å². The van der Waals surface area contributed by atoms with Gasteiger partial charge in [0.05, 0.1) is 0 Å². The molecule has 0 radical (unpaired) electrons. The van der Waals surface area contributed by atoms with Crippen molar-refractivity contribution in [1.29, 1.82) is 0 Å². The van der Waals surface area contributed by atoms with Gasteiger partial charge in [-0.2, -0.15) is 0 Å². The summed E-state index contributed by atoms with van der Waals surface area (Å²) in [6.07, 6.45) is 10.2. The summed E-state index contributed by atoms with van der Waals surface area (Å²) >= 11 is 0. The Hall–Kier alpha value is -0.830. The van der Waals surface area contributed by atoms with Gasteiger partial charge in [-0.05, 0) is 52.0 Å². The second-order valence-electron chi connectivity index (χ2n) is 5.51. The molecule has 3 nitrogen and oxygen atoms in total. The molecule has 2 rings (SSSR count). The molecule has 2 aliphatic rings. The summed E-state index contributed by atoms with van der Waals surface area (Å²) in [5.74, 6) is 0.319. The van der Waals surface area contributed by atoms with Gasteiger partial charge in [0.1, 0.15) is 0 Å². The zero-order valence-corrected chi connectivity index (χ0v) is 11.6. The third-order valence-corrected chi connectivity index (χ3v) is 4.10. The number of allylic oxidation sites excluding steroid dienone is 1. The molecule has 0 aromatic carbocycles. The van der Waals surface area contributed by atoms with Crippen molar-refractivity contribution in [2.75, 3.05) is 19.6 Å². The lowest BCUT2D eigenvalue weighted by molar-refractivity contribution is -0.130. The van der Waals surface area contributed by atoms with Crippen LogP contribution in [0.1, 0.15) is 51.9 Å². The highest BCUT2D eigenvalue weighted by Crippen LogP contribution is 2.21. The summed E-state index contributed by atoms with van der Waals surface area (Å²) in [6.45, 7) is 4.93. The SMILES string of the molecule is CCN(CC1CCCN1)C(=O)CC1=CCCCC1. The maximum atomic E-state index is 12.3. The van der Waals surface area contributed by atoms with Crippen molar-refractivity contribution in [3.63, 3.8) is 0 Å². The summed E-state index contributed by atoms with van der Waals surface area (Å²) in [5.41, 5.74) is 1.36. The van der Waals surface area contributed by atoms with Crippen molar-refractivity contribution in [3.8, 4) is 0 Å². The van der Waals surface area contributed by atoms with Crippen LogP contribution in [0.25, 0.3) is 0 Å². The summed E-state index contributed by atoms with van der Waals surface area (Å²) < 4.78 is 0. The van der Waals surface area contributed by atoms with Gasteiger partial charge in [-0.25, -0.2) is 0 Å².